The molecule has 0 N–H and O–H groups in total. The minimum Gasteiger partial charge on any atom is -0.272 e. The number of imide groups is 1. The highest BCUT2D eigenvalue weighted by Crippen LogP contribution is 2.53. The predicted molar refractivity (Wildman–Crippen MR) is 114 cm³/mol. The number of hydrazine groups is 1. The van der Waals surface area contributed by atoms with Crippen LogP contribution in [0.5, 0.6) is 0 Å². The van der Waals surface area contributed by atoms with E-state index in [1.165, 1.54) is 30.3 Å². The molecule has 0 radical (unpaired) electrons. The Balaban J connectivity index is 1.52. The number of hydrogen-bond donors (Lipinski definition) is 0. The normalized spacial score (nSPS) is 25.3. The Kier molecular flexibility index (Phi) is 4.82. The highest BCUT2D eigenvalue weighted by Gasteiger charge is 2.61. The van der Waals surface area contributed by atoms with Gasteiger partial charge in [-0.1, -0.05) is 48.0 Å². The molecule has 1 saturated heterocycles. The molecular weight excluding hydrogens is 434 g/mol. The van der Waals surface area contributed by atoms with Gasteiger partial charge in [-0.25, -0.2) is 5.01 Å². The first-order valence-corrected chi connectivity index (χ1v) is 10.6. The number of rotatable bonds is 5. The number of hydrogen-bond acceptors (Lipinski definition) is 5. The first-order chi connectivity index (χ1) is 15.4. The van der Waals surface area contributed by atoms with Crippen molar-refractivity contribution in [2.45, 2.75) is 13.0 Å². The number of allylic oxidation sites excluding steroid dienone is 2. The van der Waals surface area contributed by atoms with E-state index in [0.29, 0.717) is 5.56 Å². The monoisotopic (exact) mass is 451 g/mol. The Labute approximate surface area is 188 Å². The molecule has 0 unspecified atom stereocenters. The Morgan fingerprint density at radius 2 is 1.62 bits per heavy atom. The summed E-state index contributed by atoms with van der Waals surface area (Å²) >= 11 is 6.23. The number of carbonyl (C=O) groups is 3. The summed E-state index contributed by atoms with van der Waals surface area (Å²) in [4.78, 5) is 50.6. The molecule has 0 spiro atoms. The average Bonchev–Trinajstić information content (AvgIpc) is 3.46. The van der Waals surface area contributed by atoms with E-state index in [9.17, 15) is 24.5 Å². The number of carbonyl (C=O) groups excluding carboxylic acids is 3. The fraction of sp³-hybridized carbons (Fsp3) is 0.261. The SMILES string of the molecule is O=C(c1ccccc1Cl)N(Cc1ccc([N+](=O)[O-])cc1)N1C(=O)[C@H]2[C@H](C1=O)[C@H]1C=C[C@H]2C1. The second-order valence-electron chi connectivity index (χ2n) is 8.25. The Morgan fingerprint density at radius 1 is 1.03 bits per heavy atom. The van der Waals surface area contributed by atoms with Crippen LogP contribution in [0.3, 0.4) is 0 Å². The third-order valence-corrected chi connectivity index (χ3v) is 6.84. The molecule has 2 aliphatic carbocycles. The topological polar surface area (TPSA) is 101 Å². The summed E-state index contributed by atoms with van der Waals surface area (Å²) in [5, 5.41) is 13.2. The molecule has 3 aliphatic rings. The van der Waals surface area contributed by atoms with E-state index in [0.717, 1.165) is 16.4 Å². The van der Waals surface area contributed by atoms with Crippen LogP contribution in [0.1, 0.15) is 22.3 Å². The van der Waals surface area contributed by atoms with Gasteiger partial charge in [-0.05, 0) is 36.0 Å². The van der Waals surface area contributed by atoms with Crippen molar-refractivity contribution in [3.63, 3.8) is 0 Å². The first kappa shape index (κ1) is 20.4. The van der Waals surface area contributed by atoms with E-state index >= 15 is 0 Å². The number of fused-ring (bicyclic) bond motifs is 5. The molecule has 1 aliphatic heterocycles. The van der Waals surface area contributed by atoms with Crippen molar-refractivity contribution in [2.75, 3.05) is 0 Å². The van der Waals surface area contributed by atoms with Crippen LogP contribution in [0.2, 0.25) is 5.02 Å². The average molecular weight is 452 g/mol. The van der Waals surface area contributed by atoms with Gasteiger partial charge in [-0.15, -0.1) is 0 Å². The highest BCUT2D eigenvalue weighted by atomic mass is 35.5. The zero-order valence-corrected chi connectivity index (χ0v) is 17.5. The number of amides is 3. The smallest absolute Gasteiger partial charge is 0.272 e. The van der Waals surface area contributed by atoms with Crippen LogP contribution in [0.4, 0.5) is 5.69 Å². The van der Waals surface area contributed by atoms with Crippen molar-refractivity contribution >= 4 is 35.0 Å². The lowest BCUT2D eigenvalue weighted by molar-refractivity contribution is -0.384. The summed E-state index contributed by atoms with van der Waals surface area (Å²) in [6.07, 6.45) is 4.75. The molecule has 2 aromatic rings. The molecule has 32 heavy (non-hydrogen) atoms. The molecular formula is C23H18ClN3O5. The fourth-order valence-corrected chi connectivity index (χ4v) is 5.24. The Hall–Kier alpha value is -3.52. The van der Waals surface area contributed by atoms with Gasteiger partial charge in [-0.2, -0.15) is 5.01 Å². The Morgan fingerprint density at radius 3 is 2.19 bits per heavy atom. The van der Waals surface area contributed by atoms with E-state index in [1.54, 1.807) is 18.2 Å². The Bertz CT molecular complexity index is 1150. The minimum absolute atomic E-state index is 0.00286. The van der Waals surface area contributed by atoms with Crippen LogP contribution in [0, 0.1) is 33.8 Å². The molecule has 2 aromatic carbocycles. The van der Waals surface area contributed by atoms with Gasteiger partial charge >= 0.3 is 0 Å². The molecule has 162 valence electrons. The third kappa shape index (κ3) is 3.10. The maximum atomic E-state index is 13.5. The van der Waals surface area contributed by atoms with Crippen molar-refractivity contribution in [2.24, 2.45) is 23.7 Å². The standard InChI is InChI=1S/C23H18ClN3O5/c24-18-4-2-1-3-17(18)21(28)25(12-13-5-9-16(10-6-13)27(31)32)26-22(29)19-14-7-8-15(11-14)20(19)23(26)30/h1-10,14-15,19-20H,11-12H2/t14-,15-,19+,20+/m0/s1. The van der Waals surface area contributed by atoms with Crippen LogP contribution in [-0.4, -0.2) is 32.7 Å². The fourth-order valence-electron chi connectivity index (χ4n) is 5.03. The van der Waals surface area contributed by atoms with Crippen LogP contribution in [0.15, 0.2) is 60.7 Å². The van der Waals surface area contributed by atoms with E-state index in [-0.39, 0.29) is 46.5 Å². The quantitative estimate of drug-likeness (QED) is 0.299. The number of non-ortho nitro benzene ring substituents is 1. The van der Waals surface area contributed by atoms with Gasteiger partial charge in [0.1, 0.15) is 0 Å². The van der Waals surface area contributed by atoms with E-state index in [1.807, 2.05) is 12.2 Å². The third-order valence-electron chi connectivity index (χ3n) is 6.51. The van der Waals surface area contributed by atoms with Crippen molar-refractivity contribution in [3.8, 4) is 0 Å². The lowest BCUT2D eigenvalue weighted by atomic mass is 9.85. The van der Waals surface area contributed by atoms with Crippen LogP contribution >= 0.6 is 11.6 Å². The molecule has 9 heteroatoms. The van der Waals surface area contributed by atoms with Gasteiger partial charge in [0, 0.05) is 12.1 Å². The predicted octanol–water partition coefficient (Wildman–Crippen LogP) is 3.61. The minimum atomic E-state index is -0.587. The summed E-state index contributed by atoms with van der Waals surface area (Å²) in [5.41, 5.74) is 0.604. The van der Waals surface area contributed by atoms with Crippen molar-refractivity contribution in [1.29, 1.82) is 0 Å². The molecule has 1 heterocycles. The van der Waals surface area contributed by atoms with Gasteiger partial charge < -0.3 is 0 Å². The van der Waals surface area contributed by atoms with E-state index in [4.69, 9.17) is 11.6 Å². The van der Waals surface area contributed by atoms with Gasteiger partial charge in [0.2, 0.25) is 0 Å². The van der Waals surface area contributed by atoms with Crippen LogP contribution in [-0.2, 0) is 16.1 Å². The molecule has 2 fully saturated rings. The highest BCUT2D eigenvalue weighted by molar-refractivity contribution is 6.33. The molecule has 1 saturated carbocycles. The van der Waals surface area contributed by atoms with Gasteiger partial charge in [-0.3, -0.25) is 24.5 Å². The molecule has 4 atom stereocenters. The van der Waals surface area contributed by atoms with Crippen molar-refractivity contribution < 1.29 is 19.3 Å². The van der Waals surface area contributed by atoms with Gasteiger partial charge in [0.15, 0.2) is 0 Å². The van der Waals surface area contributed by atoms with Gasteiger partial charge in [0.05, 0.1) is 33.9 Å². The second-order valence-corrected chi connectivity index (χ2v) is 8.66. The summed E-state index contributed by atoms with van der Waals surface area (Å²) in [5.74, 6) is -2.28. The first-order valence-electron chi connectivity index (χ1n) is 10.2. The molecule has 8 nitrogen and oxygen atoms in total. The number of halogens is 1. The largest absolute Gasteiger partial charge is 0.274 e. The second kappa shape index (κ2) is 7.56. The van der Waals surface area contributed by atoms with Crippen LogP contribution in [0.25, 0.3) is 0 Å². The molecule has 3 amide bonds. The van der Waals surface area contributed by atoms with E-state index < -0.39 is 22.7 Å². The number of nitro benzene ring substituents is 1. The maximum Gasteiger partial charge on any atom is 0.274 e. The molecule has 0 aromatic heterocycles. The van der Waals surface area contributed by atoms with E-state index in [2.05, 4.69) is 0 Å². The number of nitrogens with zero attached hydrogens (tertiary/aromatic N) is 3. The summed E-state index contributed by atoms with van der Waals surface area (Å²) < 4.78 is 0. The van der Waals surface area contributed by atoms with Crippen molar-refractivity contribution in [3.05, 3.63) is 86.9 Å². The maximum absolute atomic E-state index is 13.5. The number of nitro groups is 1. The lowest BCUT2D eigenvalue weighted by Gasteiger charge is -2.31. The lowest BCUT2D eigenvalue weighted by Crippen LogP contribution is -2.50. The molecule has 2 bridgehead atoms. The number of benzene rings is 2. The van der Waals surface area contributed by atoms with Crippen molar-refractivity contribution in [1.82, 2.24) is 10.0 Å². The van der Waals surface area contributed by atoms with Gasteiger partial charge in [0.25, 0.3) is 23.4 Å². The summed E-state index contributed by atoms with van der Waals surface area (Å²) in [7, 11) is 0. The summed E-state index contributed by atoms with van der Waals surface area (Å²) in [6, 6.07) is 12.1. The summed E-state index contributed by atoms with van der Waals surface area (Å²) in [6.45, 7) is -0.109. The molecule has 5 rings (SSSR count). The zero-order chi connectivity index (χ0) is 22.6. The zero-order valence-electron chi connectivity index (χ0n) is 16.8. The van der Waals surface area contributed by atoms with Crippen LogP contribution < -0.4 is 0 Å².